The van der Waals surface area contributed by atoms with E-state index in [0.29, 0.717) is 0 Å². The number of hydrogen-bond acceptors (Lipinski definition) is 3. The van der Waals surface area contributed by atoms with Crippen LogP contribution in [-0.2, 0) is 9.53 Å². The lowest BCUT2D eigenvalue weighted by molar-refractivity contribution is -0.149. The predicted molar refractivity (Wildman–Crippen MR) is 55.3 cm³/mol. The molecule has 3 atom stereocenters. The van der Waals surface area contributed by atoms with Gasteiger partial charge in [0.2, 0.25) is 0 Å². The van der Waals surface area contributed by atoms with E-state index in [9.17, 15) is 9.90 Å². The zero-order valence-electron chi connectivity index (χ0n) is 8.81. The molecule has 0 aromatic heterocycles. The van der Waals surface area contributed by atoms with E-state index in [0.717, 1.165) is 11.1 Å². The zero-order chi connectivity index (χ0) is 11.0. The second-order valence-corrected chi connectivity index (χ2v) is 3.91. The van der Waals surface area contributed by atoms with Gasteiger partial charge in [0.1, 0.15) is 0 Å². The van der Waals surface area contributed by atoms with E-state index in [1.807, 2.05) is 31.2 Å². The van der Waals surface area contributed by atoms with Crippen LogP contribution in [0, 0.1) is 5.92 Å². The summed E-state index contributed by atoms with van der Waals surface area (Å²) in [5.41, 5.74) is 1.89. The predicted octanol–water partition coefficient (Wildman–Crippen LogP) is 1.63. The molecule has 0 spiro atoms. The van der Waals surface area contributed by atoms with E-state index in [1.165, 1.54) is 7.11 Å². The topological polar surface area (TPSA) is 46.5 Å². The van der Waals surface area contributed by atoms with E-state index in [2.05, 4.69) is 0 Å². The third-order valence-electron chi connectivity index (χ3n) is 3.16. The van der Waals surface area contributed by atoms with Gasteiger partial charge in [0, 0.05) is 0 Å². The van der Waals surface area contributed by atoms with E-state index in [1.54, 1.807) is 0 Å². The molecule has 1 N–H and O–H groups in total. The van der Waals surface area contributed by atoms with Crippen molar-refractivity contribution in [3.8, 4) is 0 Å². The normalized spacial score (nSPS) is 28.6. The smallest absolute Gasteiger partial charge is 0.312 e. The standard InChI is InChI=1S/C12H14O3/c1-7-8-5-3-4-6-9(8)11(13)10(7)12(14)15-2/h3-7,10-11,13H,1-2H3. The van der Waals surface area contributed by atoms with Crippen LogP contribution in [0.3, 0.4) is 0 Å². The Hall–Kier alpha value is -1.35. The molecule has 0 saturated carbocycles. The van der Waals surface area contributed by atoms with Crippen molar-refractivity contribution < 1.29 is 14.6 Å². The molecule has 80 valence electrons. The molecule has 0 heterocycles. The lowest BCUT2D eigenvalue weighted by atomic mass is 9.94. The van der Waals surface area contributed by atoms with Crippen LogP contribution in [0.15, 0.2) is 24.3 Å². The highest BCUT2D eigenvalue weighted by Crippen LogP contribution is 2.45. The Morgan fingerprint density at radius 3 is 2.47 bits per heavy atom. The number of benzene rings is 1. The Morgan fingerprint density at radius 2 is 1.93 bits per heavy atom. The number of methoxy groups -OCH3 is 1. The van der Waals surface area contributed by atoms with Crippen LogP contribution in [0.4, 0.5) is 0 Å². The molecule has 3 heteroatoms. The van der Waals surface area contributed by atoms with Crippen molar-refractivity contribution in [1.29, 1.82) is 0 Å². The zero-order valence-corrected chi connectivity index (χ0v) is 8.81. The maximum absolute atomic E-state index is 11.5. The van der Waals surface area contributed by atoms with E-state index >= 15 is 0 Å². The molecule has 1 aromatic carbocycles. The maximum Gasteiger partial charge on any atom is 0.312 e. The first-order chi connectivity index (χ1) is 7.16. The molecule has 1 aromatic rings. The Kier molecular flexibility index (Phi) is 2.49. The SMILES string of the molecule is COC(=O)C1C(C)c2ccccc2C1O. The average molecular weight is 206 g/mol. The van der Waals surface area contributed by atoms with Gasteiger partial charge in [-0.3, -0.25) is 4.79 Å². The van der Waals surface area contributed by atoms with Gasteiger partial charge in [-0.25, -0.2) is 0 Å². The number of rotatable bonds is 1. The third kappa shape index (κ3) is 1.43. The van der Waals surface area contributed by atoms with Gasteiger partial charge in [-0.2, -0.15) is 0 Å². The van der Waals surface area contributed by atoms with Gasteiger partial charge in [0.25, 0.3) is 0 Å². The summed E-state index contributed by atoms with van der Waals surface area (Å²) < 4.78 is 4.71. The number of carbonyl (C=O) groups excluding carboxylic acids is 1. The highest BCUT2D eigenvalue weighted by molar-refractivity contribution is 5.76. The quantitative estimate of drug-likeness (QED) is 0.710. The van der Waals surface area contributed by atoms with Crippen molar-refractivity contribution in [2.24, 2.45) is 5.92 Å². The minimum atomic E-state index is -0.733. The highest BCUT2D eigenvalue weighted by Gasteiger charge is 2.42. The van der Waals surface area contributed by atoms with Crippen LogP contribution >= 0.6 is 0 Å². The van der Waals surface area contributed by atoms with E-state index < -0.39 is 12.0 Å². The molecular weight excluding hydrogens is 192 g/mol. The summed E-state index contributed by atoms with van der Waals surface area (Å²) in [6, 6.07) is 7.60. The molecule has 2 rings (SSSR count). The summed E-state index contributed by atoms with van der Waals surface area (Å²) in [5.74, 6) is -0.790. The second-order valence-electron chi connectivity index (χ2n) is 3.91. The van der Waals surface area contributed by atoms with Gasteiger partial charge in [-0.1, -0.05) is 31.2 Å². The largest absolute Gasteiger partial charge is 0.469 e. The van der Waals surface area contributed by atoms with Crippen molar-refractivity contribution in [2.45, 2.75) is 18.9 Å². The highest BCUT2D eigenvalue weighted by atomic mass is 16.5. The van der Waals surface area contributed by atoms with Gasteiger partial charge in [0.05, 0.1) is 19.1 Å². The first-order valence-electron chi connectivity index (χ1n) is 5.01. The Balaban J connectivity index is 2.40. The third-order valence-corrected chi connectivity index (χ3v) is 3.16. The average Bonchev–Trinajstić information content (AvgIpc) is 2.52. The fraction of sp³-hybridized carbons (Fsp3) is 0.417. The molecule has 1 aliphatic rings. The molecule has 15 heavy (non-hydrogen) atoms. The molecule has 0 fully saturated rings. The van der Waals surface area contributed by atoms with Gasteiger partial charge >= 0.3 is 5.97 Å². The summed E-state index contributed by atoms with van der Waals surface area (Å²) in [6.45, 7) is 1.94. The van der Waals surface area contributed by atoms with Crippen molar-refractivity contribution >= 4 is 5.97 Å². The fourth-order valence-corrected chi connectivity index (χ4v) is 2.32. The van der Waals surface area contributed by atoms with Crippen LogP contribution in [0.1, 0.15) is 30.1 Å². The van der Waals surface area contributed by atoms with E-state index in [4.69, 9.17) is 4.74 Å². The number of fused-ring (bicyclic) bond motifs is 1. The fourth-order valence-electron chi connectivity index (χ4n) is 2.32. The Morgan fingerprint density at radius 1 is 1.33 bits per heavy atom. The molecule has 0 saturated heterocycles. The maximum atomic E-state index is 11.5. The van der Waals surface area contributed by atoms with Crippen LogP contribution in [0.2, 0.25) is 0 Å². The van der Waals surface area contributed by atoms with Crippen LogP contribution in [-0.4, -0.2) is 18.2 Å². The summed E-state index contributed by atoms with van der Waals surface area (Å²) in [7, 11) is 1.35. The molecular formula is C12H14O3. The minimum Gasteiger partial charge on any atom is -0.469 e. The van der Waals surface area contributed by atoms with Gasteiger partial charge in [-0.05, 0) is 17.0 Å². The number of hydrogen-bond donors (Lipinski definition) is 1. The first-order valence-corrected chi connectivity index (χ1v) is 5.01. The van der Waals surface area contributed by atoms with Crippen LogP contribution in [0.5, 0.6) is 0 Å². The summed E-state index contributed by atoms with van der Waals surface area (Å²) in [4.78, 5) is 11.5. The second kappa shape index (κ2) is 3.66. The van der Waals surface area contributed by atoms with Crippen LogP contribution in [0.25, 0.3) is 0 Å². The Labute approximate surface area is 88.7 Å². The molecule has 0 amide bonds. The molecule has 0 bridgehead atoms. The van der Waals surface area contributed by atoms with E-state index in [-0.39, 0.29) is 11.9 Å². The number of aliphatic hydroxyl groups excluding tert-OH is 1. The lowest BCUT2D eigenvalue weighted by Gasteiger charge is -2.16. The molecule has 1 aliphatic carbocycles. The summed E-state index contributed by atoms with van der Waals surface area (Å²) in [6.07, 6.45) is -0.733. The van der Waals surface area contributed by atoms with Gasteiger partial charge < -0.3 is 9.84 Å². The lowest BCUT2D eigenvalue weighted by Crippen LogP contribution is -2.22. The van der Waals surface area contributed by atoms with Crippen molar-refractivity contribution in [3.05, 3.63) is 35.4 Å². The number of ether oxygens (including phenoxy) is 1. The first kappa shape index (κ1) is 10.2. The Bertz CT molecular complexity index is 357. The number of carbonyl (C=O) groups is 1. The molecule has 3 unspecified atom stereocenters. The number of esters is 1. The van der Waals surface area contributed by atoms with Crippen LogP contribution < -0.4 is 0 Å². The van der Waals surface area contributed by atoms with Gasteiger partial charge in [0.15, 0.2) is 0 Å². The summed E-state index contributed by atoms with van der Waals surface area (Å²) >= 11 is 0. The minimum absolute atomic E-state index is 0.0173. The van der Waals surface area contributed by atoms with Crippen molar-refractivity contribution in [3.63, 3.8) is 0 Å². The van der Waals surface area contributed by atoms with Crippen molar-refractivity contribution in [2.75, 3.05) is 7.11 Å². The number of aliphatic hydroxyl groups is 1. The molecule has 0 radical (unpaired) electrons. The van der Waals surface area contributed by atoms with Gasteiger partial charge in [-0.15, -0.1) is 0 Å². The monoisotopic (exact) mass is 206 g/mol. The van der Waals surface area contributed by atoms with Crippen molar-refractivity contribution in [1.82, 2.24) is 0 Å². The molecule has 0 aliphatic heterocycles. The summed E-state index contributed by atoms with van der Waals surface area (Å²) in [5, 5.41) is 10.0. The molecule has 3 nitrogen and oxygen atoms in total.